The topological polar surface area (TPSA) is 71.1 Å². The molecule has 5 nitrogen and oxygen atoms in total. The van der Waals surface area contributed by atoms with Crippen molar-refractivity contribution in [2.24, 2.45) is 0 Å². The fourth-order valence-corrected chi connectivity index (χ4v) is 2.82. The lowest BCUT2D eigenvalue weighted by Gasteiger charge is -2.11. The van der Waals surface area contributed by atoms with Gasteiger partial charge in [0.1, 0.15) is 5.82 Å². The molecular weight excluding hydrogens is 282 g/mol. The van der Waals surface area contributed by atoms with Crippen molar-refractivity contribution in [1.29, 1.82) is 0 Å². The largest absolute Gasteiger partial charge is 0.370 e. The van der Waals surface area contributed by atoms with Gasteiger partial charge < -0.3 is 5.32 Å². The van der Waals surface area contributed by atoms with Crippen molar-refractivity contribution in [3.05, 3.63) is 18.3 Å². The molecule has 0 aliphatic heterocycles. The fourth-order valence-electron chi connectivity index (χ4n) is 1.32. The van der Waals surface area contributed by atoms with Crippen molar-refractivity contribution >= 4 is 27.6 Å². The van der Waals surface area contributed by atoms with Crippen LogP contribution < -0.4 is 10.0 Å². The number of sulfonamides is 1. The molecule has 1 rings (SSSR count). The number of nitrogens with zero attached hydrogens (tertiary/aromatic N) is 1. The van der Waals surface area contributed by atoms with Gasteiger partial charge in [0.25, 0.3) is 0 Å². The summed E-state index contributed by atoms with van der Waals surface area (Å²) in [7, 11) is -3.46. The van der Waals surface area contributed by atoms with Gasteiger partial charge in [0.2, 0.25) is 10.0 Å². The van der Waals surface area contributed by atoms with E-state index in [1.165, 1.54) is 12.3 Å². The van der Waals surface area contributed by atoms with E-state index in [1.807, 2.05) is 20.1 Å². The van der Waals surface area contributed by atoms with Crippen LogP contribution in [0.3, 0.4) is 0 Å². The molecular formula is C12H21N3O2S2. The molecule has 7 heteroatoms. The Morgan fingerprint density at radius 3 is 2.84 bits per heavy atom. The van der Waals surface area contributed by atoms with Gasteiger partial charge in [0.05, 0.1) is 4.90 Å². The highest BCUT2D eigenvalue weighted by atomic mass is 32.2. The standard InChI is InChI=1S/C12H21N3O2S2/c1-4-6-13-12-8-11(5-7-14-12)19(16,17)15-9-10(2)18-3/h5,7-8,10,15H,4,6,9H2,1-3H3,(H,13,14). The zero-order valence-corrected chi connectivity index (χ0v) is 13.1. The Labute approximate surface area is 119 Å². The van der Waals surface area contributed by atoms with Crippen molar-refractivity contribution < 1.29 is 8.42 Å². The number of aromatic nitrogens is 1. The molecule has 0 radical (unpaired) electrons. The van der Waals surface area contributed by atoms with Crippen LogP contribution in [0.2, 0.25) is 0 Å². The molecule has 2 N–H and O–H groups in total. The zero-order valence-electron chi connectivity index (χ0n) is 11.5. The van der Waals surface area contributed by atoms with Gasteiger partial charge in [0, 0.05) is 30.6 Å². The molecule has 1 atom stereocenters. The minimum absolute atomic E-state index is 0.245. The first kappa shape index (κ1) is 16.3. The van der Waals surface area contributed by atoms with Gasteiger partial charge in [-0.25, -0.2) is 18.1 Å². The van der Waals surface area contributed by atoms with Crippen molar-refractivity contribution in [3.63, 3.8) is 0 Å². The van der Waals surface area contributed by atoms with Crippen molar-refractivity contribution in [2.45, 2.75) is 30.4 Å². The van der Waals surface area contributed by atoms with Gasteiger partial charge >= 0.3 is 0 Å². The van der Waals surface area contributed by atoms with Gasteiger partial charge in [-0.3, -0.25) is 0 Å². The second-order valence-corrected chi connectivity index (χ2v) is 7.24. The van der Waals surface area contributed by atoms with Crippen LogP contribution in [0.4, 0.5) is 5.82 Å². The maximum absolute atomic E-state index is 12.1. The Balaban J connectivity index is 2.77. The second kappa shape index (κ2) is 7.72. The molecule has 1 aromatic heterocycles. The van der Waals surface area contributed by atoms with Crippen LogP contribution in [0.15, 0.2) is 23.2 Å². The minimum atomic E-state index is -3.46. The van der Waals surface area contributed by atoms with Gasteiger partial charge in [0.15, 0.2) is 0 Å². The number of hydrogen-bond donors (Lipinski definition) is 2. The summed E-state index contributed by atoms with van der Waals surface area (Å²) < 4.78 is 26.8. The van der Waals surface area contributed by atoms with Crippen LogP contribution in [0.1, 0.15) is 20.3 Å². The monoisotopic (exact) mass is 303 g/mol. The average molecular weight is 303 g/mol. The molecule has 0 aromatic carbocycles. The molecule has 0 saturated heterocycles. The summed E-state index contributed by atoms with van der Waals surface area (Å²) >= 11 is 1.62. The maximum atomic E-state index is 12.1. The molecule has 1 heterocycles. The highest BCUT2D eigenvalue weighted by molar-refractivity contribution is 7.99. The SMILES string of the molecule is CCCNc1cc(S(=O)(=O)NCC(C)SC)ccn1. The summed E-state index contributed by atoms with van der Waals surface area (Å²) in [6, 6.07) is 3.06. The molecule has 108 valence electrons. The smallest absolute Gasteiger partial charge is 0.240 e. The normalized spacial score (nSPS) is 13.2. The van der Waals surface area contributed by atoms with E-state index < -0.39 is 10.0 Å². The van der Waals surface area contributed by atoms with E-state index in [1.54, 1.807) is 17.8 Å². The maximum Gasteiger partial charge on any atom is 0.240 e. The predicted octanol–water partition coefficient (Wildman–Crippen LogP) is 1.93. The molecule has 0 aliphatic carbocycles. The molecule has 0 spiro atoms. The number of pyridine rings is 1. The summed E-state index contributed by atoms with van der Waals surface area (Å²) in [5, 5.41) is 3.32. The summed E-state index contributed by atoms with van der Waals surface area (Å²) in [6.07, 6.45) is 4.42. The van der Waals surface area contributed by atoms with Gasteiger partial charge in [-0.2, -0.15) is 11.8 Å². The van der Waals surface area contributed by atoms with Crippen LogP contribution in [-0.2, 0) is 10.0 Å². The lowest BCUT2D eigenvalue weighted by atomic mass is 10.4. The number of nitrogens with one attached hydrogen (secondary N) is 2. The summed E-state index contributed by atoms with van der Waals surface area (Å²) in [4.78, 5) is 4.34. The second-order valence-electron chi connectivity index (χ2n) is 4.20. The van der Waals surface area contributed by atoms with E-state index in [4.69, 9.17) is 0 Å². The lowest BCUT2D eigenvalue weighted by molar-refractivity contribution is 0.581. The van der Waals surface area contributed by atoms with Crippen molar-refractivity contribution in [1.82, 2.24) is 9.71 Å². The lowest BCUT2D eigenvalue weighted by Crippen LogP contribution is -2.29. The van der Waals surface area contributed by atoms with E-state index in [0.29, 0.717) is 12.4 Å². The Morgan fingerprint density at radius 1 is 1.47 bits per heavy atom. The Hall–Kier alpha value is -0.790. The third-order valence-electron chi connectivity index (χ3n) is 2.56. The van der Waals surface area contributed by atoms with Crippen molar-refractivity contribution in [3.8, 4) is 0 Å². The summed E-state index contributed by atoms with van der Waals surface area (Å²) in [5.74, 6) is 0.586. The Morgan fingerprint density at radius 2 is 2.21 bits per heavy atom. The Bertz CT molecular complexity index is 492. The molecule has 0 fully saturated rings. The molecule has 0 saturated carbocycles. The van der Waals surface area contributed by atoms with Crippen LogP contribution in [-0.4, -0.2) is 38.0 Å². The molecule has 0 aliphatic rings. The number of hydrogen-bond acceptors (Lipinski definition) is 5. The predicted molar refractivity (Wildman–Crippen MR) is 81.2 cm³/mol. The summed E-state index contributed by atoms with van der Waals surface area (Å²) in [5.41, 5.74) is 0. The highest BCUT2D eigenvalue weighted by Crippen LogP contribution is 2.13. The van der Waals surface area contributed by atoms with Gasteiger partial charge in [-0.05, 0) is 18.7 Å². The summed E-state index contributed by atoms with van der Waals surface area (Å²) in [6.45, 7) is 5.21. The first-order valence-corrected chi connectivity index (χ1v) is 8.99. The number of rotatable bonds is 8. The molecule has 1 unspecified atom stereocenters. The van der Waals surface area contributed by atoms with E-state index in [9.17, 15) is 8.42 Å². The van der Waals surface area contributed by atoms with E-state index in [2.05, 4.69) is 15.0 Å². The number of thioether (sulfide) groups is 1. The van der Waals surface area contributed by atoms with Crippen LogP contribution in [0.5, 0.6) is 0 Å². The third-order valence-corrected chi connectivity index (χ3v) is 4.95. The first-order chi connectivity index (χ1) is 8.99. The van der Waals surface area contributed by atoms with Gasteiger partial charge in [-0.1, -0.05) is 13.8 Å². The fraction of sp³-hybridized carbons (Fsp3) is 0.583. The Kier molecular flexibility index (Phi) is 6.60. The molecule has 0 bridgehead atoms. The van der Waals surface area contributed by atoms with Crippen LogP contribution >= 0.6 is 11.8 Å². The van der Waals surface area contributed by atoms with E-state index >= 15 is 0 Å². The van der Waals surface area contributed by atoms with E-state index in [-0.39, 0.29) is 10.1 Å². The van der Waals surface area contributed by atoms with Crippen LogP contribution in [0, 0.1) is 0 Å². The molecule has 19 heavy (non-hydrogen) atoms. The average Bonchev–Trinajstić information content (AvgIpc) is 2.43. The molecule has 1 aromatic rings. The van der Waals surface area contributed by atoms with Gasteiger partial charge in [-0.15, -0.1) is 0 Å². The van der Waals surface area contributed by atoms with Crippen molar-refractivity contribution in [2.75, 3.05) is 24.7 Å². The van der Waals surface area contributed by atoms with E-state index in [0.717, 1.165) is 13.0 Å². The molecule has 0 amide bonds. The minimum Gasteiger partial charge on any atom is -0.370 e. The quantitative estimate of drug-likeness (QED) is 0.768. The number of anilines is 1. The zero-order chi connectivity index (χ0) is 14.3. The highest BCUT2D eigenvalue weighted by Gasteiger charge is 2.15. The first-order valence-electron chi connectivity index (χ1n) is 6.22. The van der Waals surface area contributed by atoms with Crippen LogP contribution in [0.25, 0.3) is 0 Å². The third kappa shape index (κ3) is 5.38.